The van der Waals surface area contributed by atoms with E-state index < -0.39 is 0 Å². The normalized spacial score (nSPS) is 13.7. The van der Waals surface area contributed by atoms with E-state index >= 15 is 0 Å². The highest BCUT2D eigenvalue weighted by molar-refractivity contribution is 4.89. The molecule has 1 heteroatoms. The molecule has 0 saturated heterocycles. The summed E-state index contributed by atoms with van der Waals surface area (Å²) >= 11 is 0. The van der Waals surface area contributed by atoms with E-state index in [9.17, 15) is 0 Å². The third-order valence-corrected chi connectivity index (χ3v) is 4.71. The maximum atomic E-state index is 6.81. The molecule has 0 aromatic rings. The molecular formula is C18H39N. The Balaban J connectivity index is 4.26. The van der Waals surface area contributed by atoms with Crippen LogP contribution in [0.1, 0.15) is 105 Å². The summed E-state index contributed by atoms with van der Waals surface area (Å²) < 4.78 is 0. The average molecular weight is 270 g/mol. The highest BCUT2D eigenvalue weighted by atomic mass is 14.8. The Kier molecular flexibility index (Phi) is 11.7. The van der Waals surface area contributed by atoms with Crippen molar-refractivity contribution in [2.45, 2.75) is 110 Å². The third kappa shape index (κ3) is 8.68. The number of rotatable bonds is 13. The summed E-state index contributed by atoms with van der Waals surface area (Å²) in [4.78, 5) is 0. The van der Waals surface area contributed by atoms with Gasteiger partial charge in [-0.05, 0) is 25.2 Å². The van der Waals surface area contributed by atoms with Gasteiger partial charge in [-0.2, -0.15) is 0 Å². The molecule has 0 amide bonds. The largest absolute Gasteiger partial charge is 0.325 e. The summed E-state index contributed by atoms with van der Waals surface area (Å²) in [7, 11) is 0. The summed E-state index contributed by atoms with van der Waals surface area (Å²) in [6, 6.07) is 0. The van der Waals surface area contributed by atoms with Gasteiger partial charge in [-0.3, -0.25) is 0 Å². The number of unbranched alkanes of at least 4 members (excludes halogenated alkanes) is 6. The van der Waals surface area contributed by atoms with Gasteiger partial charge in [-0.15, -0.1) is 0 Å². The molecule has 0 bridgehead atoms. The smallest absolute Gasteiger partial charge is 0.0180 e. The van der Waals surface area contributed by atoms with Crippen molar-refractivity contribution >= 4 is 0 Å². The minimum atomic E-state index is 0.109. The molecule has 1 nitrogen and oxygen atoms in total. The van der Waals surface area contributed by atoms with Crippen LogP contribution in [0.15, 0.2) is 0 Å². The maximum absolute atomic E-state index is 6.81. The minimum absolute atomic E-state index is 0.109. The van der Waals surface area contributed by atoms with E-state index in [0.29, 0.717) is 5.92 Å². The molecule has 0 aliphatic carbocycles. The Morgan fingerprint density at radius 3 is 1.58 bits per heavy atom. The minimum Gasteiger partial charge on any atom is -0.325 e. The molecule has 0 saturated carbocycles. The van der Waals surface area contributed by atoms with Crippen LogP contribution in [-0.4, -0.2) is 5.54 Å². The predicted octanol–water partition coefficient (Wildman–Crippen LogP) is 6.06. The molecule has 0 aromatic carbocycles. The second kappa shape index (κ2) is 11.8. The molecule has 0 radical (unpaired) electrons. The molecule has 0 aromatic heterocycles. The molecule has 0 aliphatic heterocycles. The summed E-state index contributed by atoms with van der Waals surface area (Å²) in [5, 5.41) is 0. The van der Waals surface area contributed by atoms with Crippen molar-refractivity contribution in [3.63, 3.8) is 0 Å². The topological polar surface area (TPSA) is 26.0 Å². The van der Waals surface area contributed by atoms with E-state index in [-0.39, 0.29) is 5.54 Å². The molecular weight excluding hydrogens is 230 g/mol. The SMILES string of the molecule is CCCCCC(C)C(N)(CCCCC)CCCCC. The van der Waals surface area contributed by atoms with E-state index in [1.54, 1.807) is 0 Å². The highest BCUT2D eigenvalue weighted by Crippen LogP contribution is 2.31. The van der Waals surface area contributed by atoms with Gasteiger partial charge in [0, 0.05) is 5.54 Å². The van der Waals surface area contributed by atoms with Crippen LogP contribution < -0.4 is 5.73 Å². The molecule has 0 spiro atoms. The second-order valence-corrected chi connectivity index (χ2v) is 6.54. The van der Waals surface area contributed by atoms with Gasteiger partial charge < -0.3 is 5.73 Å². The van der Waals surface area contributed by atoms with E-state index in [0.717, 1.165) is 0 Å². The number of hydrogen-bond acceptors (Lipinski definition) is 1. The van der Waals surface area contributed by atoms with Crippen LogP contribution in [0.4, 0.5) is 0 Å². The molecule has 0 fully saturated rings. The first-order valence-corrected chi connectivity index (χ1v) is 8.89. The van der Waals surface area contributed by atoms with Crippen molar-refractivity contribution in [3.8, 4) is 0 Å². The zero-order chi connectivity index (χ0) is 14.6. The molecule has 116 valence electrons. The fraction of sp³-hybridized carbons (Fsp3) is 1.00. The Bertz CT molecular complexity index is 178. The van der Waals surface area contributed by atoms with E-state index in [2.05, 4.69) is 27.7 Å². The Labute approximate surface area is 122 Å². The van der Waals surface area contributed by atoms with E-state index in [1.807, 2.05) is 0 Å². The van der Waals surface area contributed by atoms with Gasteiger partial charge in [-0.1, -0.05) is 85.5 Å². The summed E-state index contributed by atoms with van der Waals surface area (Å²) in [6.45, 7) is 9.23. The summed E-state index contributed by atoms with van der Waals surface area (Å²) in [5.74, 6) is 0.688. The van der Waals surface area contributed by atoms with Gasteiger partial charge in [0.2, 0.25) is 0 Å². The quantitative estimate of drug-likeness (QED) is 0.404. The van der Waals surface area contributed by atoms with Gasteiger partial charge in [0.25, 0.3) is 0 Å². The fourth-order valence-corrected chi connectivity index (χ4v) is 3.01. The predicted molar refractivity (Wildman–Crippen MR) is 88.5 cm³/mol. The molecule has 19 heavy (non-hydrogen) atoms. The van der Waals surface area contributed by atoms with Crippen LogP contribution in [0.5, 0.6) is 0 Å². The van der Waals surface area contributed by atoms with Crippen molar-refractivity contribution in [3.05, 3.63) is 0 Å². The fourth-order valence-electron chi connectivity index (χ4n) is 3.01. The zero-order valence-electron chi connectivity index (χ0n) is 14.1. The second-order valence-electron chi connectivity index (χ2n) is 6.54. The van der Waals surface area contributed by atoms with E-state index in [1.165, 1.54) is 77.0 Å². The maximum Gasteiger partial charge on any atom is 0.0180 e. The van der Waals surface area contributed by atoms with Crippen LogP contribution >= 0.6 is 0 Å². The standard InChI is InChI=1S/C18H39N/c1-5-8-11-14-17(4)18(19,15-12-9-6-2)16-13-10-7-3/h17H,5-16,19H2,1-4H3. The Hall–Kier alpha value is -0.0400. The van der Waals surface area contributed by atoms with Crippen molar-refractivity contribution in [1.82, 2.24) is 0 Å². The lowest BCUT2D eigenvalue weighted by Gasteiger charge is -2.36. The lowest BCUT2D eigenvalue weighted by molar-refractivity contribution is 0.221. The Morgan fingerprint density at radius 2 is 1.16 bits per heavy atom. The first kappa shape index (κ1) is 19.0. The molecule has 0 rings (SSSR count). The van der Waals surface area contributed by atoms with Crippen molar-refractivity contribution in [2.75, 3.05) is 0 Å². The van der Waals surface area contributed by atoms with Crippen LogP contribution in [0.2, 0.25) is 0 Å². The molecule has 1 unspecified atom stereocenters. The van der Waals surface area contributed by atoms with Crippen LogP contribution in [-0.2, 0) is 0 Å². The van der Waals surface area contributed by atoms with Crippen LogP contribution in [0.3, 0.4) is 0 Å². The third-order valence-electron chi connectivity index (χ3n) is 4.71. The number of hydrogen-bond donors (Lipinski definition) is 1. The molecule has 0 aliphatic rings. The first-order valence-electron chi connectivity index (χ1n) is 8.89. The van der Waals surface area contributed by atoms with Crippen LogP contribution in [0, 0.1) is 5.92 Å². The van der Waals surface area contributed by atoms with Crippen molar-refractivity contribution < 1.29 is 0 Å². The van der Waals surface area contributed by atoms with Gasteiger partial charge >= 0.3 is 0 Å². The van der Waals surface area contributed by atoms with Gasteiger partial charge in [-0.25, -0.2) is 0 Å². The van der Waals surface area contributed by atoms with Gasteiger partial charge in [0.15, 0.2) is 0 Å². The zero-order valence-corrected chi connectivity index (χ0v) is 14.1. The Morgan fingerprint density at radius 1 is 0.737 bits per heavy atom. The summed E-state index contributed by atoms with van der Waals surface area (Å²) in [6.07, 6.45) is 15.7. The van der Waals surface area contributed by atoms with Gasteiger partial charge in [0.05, 0.1) is 0 Å². The van der Waals surface area contributed by atoms with Crippen molar-refractivity contribution in [2.24, 2.45) is 11.7 Å². The summed E-state index contributed by atoms with van der Waals surface area (Å²) in [5.41, 5.74) is 6.91. The monoisotopic (exact) mass is 269 g/mol. The molecule has 2 N–H and O–H groups in total. The first-order chi connectivity index (χ1) is 9.10. The van der Waals surface area contributed by atoms with Gasteiger partial charge in [0.1, 0.15) is 0 Å². The molecule has 1 atom stereocenters. The van der Waals surface area contributed by atoms with E-state index in [4.69, 9.17) is 5.73 Å². The average Bonchev–Trinajstić information content (AvgIpc) is 2.39. The molecule has 0 heterocycles. The lowest BCUT2D eigenvalue weighted by Crippen LogP contribution is -2.46. The van der Waals surface area contributed by atoms with Crippen LogP contribution in [0.25, 0.3) is 0 Å². The number of nitrogens with two attached hydrogens (primary N) is 1. The lowest BCUT2D eigenvalue weighted by atomic mass is 9.75. The highest BCUT2D eigenvalue weighted by Gasteiger charge is 2.30. The van der Waals surface area contributed by atoms with Crippen molar-refractivity contribution in [1.29, 1.82) is 0 Å².